The van der Waals surface area contributed by atoms with E-state index in [9.17, 15) is 9.59 Å². The number of nitrogens with zero attached hydrogens (tertiary/aromatic N) is 2. The van der Waals surface area contributed by atoms with Crippen LogP contribution < -0.4 is 5.32 Å². The number of halogens is 2. The van der Waals surface area contributed by atoms with Crippen LogP contribution in [0.4, 0.5) is 0 Å². The number of rotatable bonds is 4. The van der Waals surface area contributed by atoms with Gasteiger partial charge in [0.2, 0.25) is 5.91 Å². The highest BCUT2D eigenvalue weighted by Gasteiger charge is 2.44. The number of fused-ring (bicyclic) bond motifs is 2. The molecule has 2 aromatic rings. The van der Waals surface area contributed by atoms with E-state index >= 15 is 0 Å². The summed E-state index contributed by atoms with van der Waals surface area (Å²) >= 11 is 11.9. The minimum absolute atomic E-state index is 0.0282. The summed E-state index contributed by atoms with van der Waals surface area (Å²) in [5.41, 5.74) is 2.90. The lowest BCUT2D eigenvalue weighted by Gasteiger charge is -2.41. The van der Waals surface area contributed by atoms with Crippen molar-refractivity contribution in [3.05, 3.63) is 69.2 Å². The Bertz CT molecular complexity index is 1070. The highest BCUT2D eigenvalue weighted by Crippen LogP contribution is 2.44. The topological polar surface area (TPSA) is 61.9 Å². The number of amides is 2. The van der Waals surface area contributed by atoms with Gasteiger partial charge in [-0.25, -0.2) is 0 Å². The van der Waals surface area contributed by atoms with Crippen LogP contribution in [0.25, 0.3) is 0 Å². The number of likely N-dealkylation sites (tertiary alicyclic amines) is 2. The fraction of sp³-hybridized carbons (Fsp3) is 0.440. The maximum atomic E-state index is 12.7. The number of ether oxygens (including phenoxy) is 1. The molecule has 8 heteroatoms. The van der Waals surface area contributed by atoms with Gasteiger partial charge in [-0.2, -0.15) is 0 Å². The maximum Gasteiger partial charge on any atom is 0.251 e. The molecule has 3 aliphatic heterocycles. The van der Waals surface area contributed by atoms with E-state index in [1.165, 1.54) is 17.2 Å². The highest BCUT2D eigenvalue weighted by molar-refractivity contribution is 6.42. The van der Waals surface area contributed by atoms with Crippen LogP contribution in [0.15, 0.2) is 42.5 Å². The van der Waals surface area contributed by atoms with Gasteiger partial charge < -0.3 is 15.0 Å². The zero-order chi connectivity index (χ0) is 23.0. The van der Waals surface area contributed by atoms with Gasteiger partial charge >= 0.3 is 0 Å². The summed E-state index contributed by atoms with van der Waals surface area (Å²) < 4.78 is 6.28. The first-order chi connectivity index (χ1) is 15.9. The maximum absolute atomic E-state index is 12.7. The van der Waals surface area contributed by atoms with E-state index in [-0.39, 0.29) is 24.0 Å². The number of carbonyl (C=O) groups is 2. The summed E-state index contributed by atoms with van der Waals surface area (Å²) in [7, 11) is 0. The van der Waals surface area contributed by atoms with E-state index in [1.807, 2.05) is 4.90 Å². The molecule has 6 nitrogen and oxygen atoms in total. The van der Waals surface area contributed by atoms with Crippen LogP contribution in [0, 0.1) is 0 Å². The minimum atomic E-state index is -0.337. The van der Waals surface area contributed by atoms with Crippen molar-refractivity contribution in [1.82, 2.24) is 15.1 Å². The molecule has 2 fully saturated rings. The predicted molar refractivity (Wildman–Crippen MR) is 127 cm³/mol. The van der Waals surface area contributed by atoms with Gasteiger partial charge in [-0.3, -0.25) is 14.5 Å². The van der Waals surface area contributed by atoms with Crippen LogP contribution in [0.1, 0.15) is 40.7 Å². The molecule has 0 radical (unpaired) electrons. The largest absolute Gasteiger partial charge is 0.365 e. The molecule has 1 N–H and O–H groups in total. The van der Waals surface area contributed by atoms with Crippen molar-refractivity contribution in [2.75, 3.05) is 32.7 Å². The van der Waals surface area contributed by atoms with Crippen LogP contribution in [-0.4, -0.2) is 60.4 Å². The molecule has 1 atom stereocenters. The zero-order valence-electron chi connectivity index (χ0n) is 18.4. The Kier molecular flexibility index (Phi) is 6.36. The third-order valence-electron chi connectivity index (χ3n) is 7.23. The van der Waals surface area contributed by atoms with Gasteiger partial charge in [-0.05, 0) is 48.6 Å². The zero-order valence-corrected chi connectivity index (χ0v) is 19.9. The van der Waals surface area contributed by atoms with Crippen molar-refractivity contribution in [3.8, 4) is 0 Å². The Labute approximate surface area is 203 Å². The molecule has 0 saturated carbocycles. The minimum Gasteiger partial charge on any atom is -0.365 e. The first kappa shape index (κ1) is 22.7. The van der Waals surface area contributed by atoms with Crippen LogP contribution >= 0.6 is 23.2 Å². The Hall–Kier alpha value is -2.12. The number of hydrogen-bond donors (Lipinski definition) is 1. The van der Waals surface area contributed by atoms with Crippen molar-refractivity contribution in [3.63, 3.8) is 0 Å². The van der Waals surface area contributed by atoms with Crippen LogP contribution in [0.3, 0.4) is 0 Å². The molecule has 0 aliphatic carbocycles. The second-order valence-electron chi connectivity index (χ2n) is 9.07. The van der Waals surface area contributed by atoms with E-state index in [0.29, 0.717) is 41.3 Å². The molecule has 0 aromatic heterocycles. The highest BCUT2D eigenvalue weighted by atomic mass is 35.5. The summed E-state index contributed by atoms with van der Waals surface area (Å²) in [6.07, 6.45) is 2.92. The number of carbonyl (C=O) groups excluding carboxylic acids is 2. The van der Waals surface area contributed by atoms with Gasteiger partial charge in [0, 0.05) is 37.8 Å². The fourth-order valence-electron chi connectivity index (χ4n) is 5.32. The monoisotopic (exact) mass is 487 g/mol. The molecule has 2 saturated heterocycles. The molecule has 3 heterocycles. The predicted octanol–water partition coefficient (Wildman–Crippen LogP) is 3.85. The SMILES string of the molecule is O=C(NCC(=O)N1CCC(N2CCC3(CC2)OCc2ccccc23)C1)c1ccc(Cl)c(Cl)c1. The quantitative estimate of drug-likeness (QED) is 0.711. The Morgan fingerprint density at radius 2 is 1.85 bits per heavy atom. The number of benzene rings is 2. The van der Waals surface area contributed by atoms with Crippen molar-refractivity contribution >= 4 is 35.0 Å². The number of piperidine rings is 1. The first-order valence-corrected chi connectivity index (χ1v) is 12.2. The molecule has 1 spiro atoms. The van der Waals surface area contributed by atoms with E-state index in [1.54, 1.807) is 12.1 Å². The Balaban J connectivity index is 1.11. The standard InChI is InChI=1S/C25H27Cl2N3O3/c26-21-6-5-17(13-22(21)27)24(32)28-14-23(31)30-10-7-19(15-30)29-11-8-25(9-12-29)20-4-2-1-3-18(20)16-33-25/h1-6,13,19H,7-12,14-16H2,(H,28,32). The van der Waals surface area contributed by atoms with E-state index in [4.69, 9.17) is 27.9 Å². The summed E-state index contributed by atoms with van der Waals surface area (Å²) in [5.74, 6) is -0.400. The van der Waals surface area contributed by atoms with Crippen molar-refractivity contribution < 1.29 is 14.3 Å². The molecule has 174 valence electrons. The van der Waals surface area contributed by atoms with Crippen molar-refractivity contribution in [2.45, 2.75) is 37.5 Å². The molecule has 33 heavy (non-hydrogen) atoms. The molecule has 1 unspecified atom stereocenters. The first-order valence-electron chi connectivity index (χ1n) is 11.4. The summed E-state index contributed by atoms with van der Waals surface area (Å²) in [4.78, 5) is 29.4. The molecule has 2 amide bonds. The van der Waals surface area contributed by atoms with Gasteiger partial charge in [0.25, 0.3) is 5.91 Å². The lowest BCUT2D eigenvalue weighted by molar-refractivity contribution is -0.129. The third kappa shape index (κ3) is 4.50. The fourth-order valence-corrected chi connectivity index (χ4v) is 5.62. The van der Waals surface area contributed by atoms with Gasteiger partial charge in [0.1, 0.15) is 0 Å². The van der Waals surface area contributed by atoms with Crippen LogP contribution in [0.2, 0.25) is 10.0 Å². The molecular weight excluding hydrogens is 461 g/mol. The molecular formula is C25H27Cl2N3O3. The van der Waals surface area contributed by atoms with E-state index < -0.39 is 0 Å². The smallest absolute Gasteiger partial charge is 0.251 e. The molecule has 5 rings (SSSR count). The van der Waals surface area contributed by atoms with Gasteiger partial charge in [-0.1, -0.05) is 47.5 Å². The summed E-state index contributed by atoms with van der Waals surface area (Å²) in [6.45, 7) is 4.03. The van der Waals surface area contributed by atoms with Gasteiger partial charge in [0.05, 0.1) is 28.8 Å². The molecule has 0 bridgehead atoms. The van der Waals surface area contributed by atoms with Gasteiger partial charge in [-0.15, -0.1) is 0 Å². The Morgan fingerprint density at radius 3 is 2.64 bits per heavy atom. The average molecular weight is 488 g/mol. The lowest BCUT2D eigenvalue weighted by Crippen LogP contribution is -2.48. The second kappa shape index (κ2) is 9.26. The molecule has 2 aromatic carbocycles. The van der Waals surface area contributed by atoms with Gasteiger partial charge in [0.15, 0.2) is 0 Å². The number of hydrogen-bond acceptors (Lipinski definition) is 4. The number of nitrogens with one attached hydrogen (secondary N) is 1. The third-order valence-corrected chi connectivity index (χ3v) is 7.97. The lowest BCUT2D eigenvalue weighted by atomic mass is 9.83. The molecule has 3 aliphatic rings. The van der Waals surface area contributed by atoms with E-state index in [2.05, 4.69) is 34.5 Å². The van der Waals surface area contributed by atoms with Crippen molar-refractivity contribution in [2.24, 2.45) is 0 Å². The Morgan fingerprint density at radius 1 is 1.06 bits per heavy atom. The van der Waals surface area contributed by atoms with Crippen molar-refractivity contribution in [1.29, 1.82) is 0 Å². The van der Waals surface area contributed by atoms with Crippen LogP contribution in [-0.2, 0) is 21.7 Å². The summed E-state index contributed by atoms with van der Waals surface area (Å²) in [5, 5.41) is 3.40. The van der Waals surface area contributed by atoms with Crippen LogP contribution in [0.5, 0.6) is 0 Å². The second-order valence-corrected chi connectivity index (χ2v) is 9.88. The normalized spacial score (nSPS) is 21.9. The van der Waals surface area contributed by atoms with E-state index in [0.717, 1.165) is 32.4 Å². The average Bonchev–Trinajstić information content (AvgIpc) is 3.46. The summed E-state index contributed by atoms with van der Waals surface area (Å²) in [6, 6.07) is 13.6.